The molecule has 0 saturated carbocycles. The normalized spacial score (nSPS) is 11.2. The number of carboxylic acid groups (broad SMARTS) is 1. The van der Waals surface area contributed by atoms with Gasteiger partial charge in [-0.3, -0.25) is 4.79 Å². The summed E-state index contributed by atoms with van der Waals surface area (Å²) in [6, 6.07) is 12.7. The summed E-state index contributed by atoms with van der Waals surface area (Å²) >= 11 is 0. The van der Waals surface area contributed by atoms with E-state index < -0.39 is 5.97 Å². The molecule has 1 heterocycles. The molecule has 0 unspecified atom stereocenters. The second kappa shape index (κ2) is 7.05. The molecule has 0 saturated heterocycles. The number of carbonyl (C=O) groups is 1. The third-order valence-electron chi connectivity index (χ3n) is 5.03. The Balaban J connectivity index is 2.29. The molecule has 0 fully saturated rings. The summed E-state index contributed by atoms with van der Waals surface area (Å²) in [5.74, 6) is -0.879. The largest absolute Gasteiger partial charge is 0.507 e. The summed E-state index contributed by atoms with van der Waals surface area (Å²) < 4.78 is 6.05. The van der Waals surface area contributed by atoms with E-state index in [-0.39, 0.29) is 46.7 Å². The number of hydrogen-bond acceptors (Lipinski definition) is 6. The van der Waals surface area contributed by atoms with Crippen molar-refractivity contribution < 1.29 is 19.4 Å². The van der Waals surface area contributed by atoms with Crippen LogP contribution in [0.3, 0.4) is 0 Å². The lowest BCUT2D eigenvalue weighted by Gasteiger charge is -2.19. The number of rotatable bonds is 4. The minimum atomic E-state index is -1.08. The van der Waals surface area contributed by atoms with Gasteiger partial charge in [0, 0.05) is 29.6 Å². The van der Waals surface area contributed by atoms with E-state index in [0.29, 0.717) is 27.6 Å². The fourth-order valence-corrected chi connectivity index (χ4v) is 3.67. The lowest BCUT2D eigenvalue weighted by atomic mass is 9.88. The van der Waals surface area contributed by atoms with Gasteiger partial charge in [0.2, 0.25) is 0 Å². The van der Waals surface area contributed by atoms with E-state index in [9.17, 15) is 19.8 Å². The number of phenols is 1. The third-order valence-corrected chi connectivity index (χ3v) is 5.03. The van der Waals surface area contributed by atoms with Crippen LogP contribution < -0.4 is 16.9 Å². The maximum atomic E-state index is 12.3. The predicted molar refractivity (Wildman–Crippen MR) is 109 cm³/mol. The van der Waals surface area contributed by atoms with E-state index in [1.165, 1.54) is 18.2 Å². The van der Waals surface area contributed by atoms with Gasteiger partial charge in [-0.15, -0.1) is 0 Å². The highest BCUT2D eigenvalue weighted by molar-refractivity contribution is 6.08. The van der Waals surface area contributed by atoms with Gasteiger partial charge in [0.15, 0.2) is 5.43 Å². The number of aromatic hydroxyl groups is 1. The summed E-state index contributed by atoms with van der Waals surface area (Å²) in [6.07, 6.45) is 0. The molecule has 0 bridgehead atoms. The van der Waals surface area contributed by atoms with Gasteiger partial charge in [0.05, 0.1) is 16.7 Å². The van der Waals surface area contributed by atoms with Crippen molar-refractivity contribution in [1.82, 2.24) is 0 Å². The monoisotopic (exact) mass is 390 g/mol. The van der Waals surface area contributed by atoms with Gasteiger partial charge >= 0.3 is 5.97 Å². The van der Waals surface area contributed by atoms with Crippen molar-refractivity contribution in [3.05, 3.63) is 75.4 Å². The van der Waals surface area contributed by atoms with Crippen molar-refractivity contribution in [2.24, 2.45) is 11.5 Å². The van der Waals surface area contributed by atoms with Crippen LogP contribution in [-0.4, -0.2) is 16.2 Å². The lowest BCUT2D eigenvalue weighted by Crippen LogP contribution is -2.15. The Kier molecular flexibility index (Phi) is 4.54. The van der Waals surface area contributed by atoms with Gasteiger partial charge in [-0.2, -0.15) is 0 Å². The number of fused-ring (bicyclic) bond motifs is 2. The van der Waals surface area contributed by atoms with Crippen LogP contribution in [0.1, 0.15) is 21.5 Å². The summed E-state index contributed by atoms with van der Waals surface area (Å²) in [5.41, 5.74) is 13.9. The molecule has 2 aromatic rings. The molecular formula is C22H18N2O5. The Hall–Kier alpha value is -3.68. The summed E-state index contributed by atoms with van der Waals surface area (Å²) in [5, 5.41) is 20.5. The van der Waals surface area contributed by atoms with Crippen LogP contribution in [0.4, 0.5) is 0 Å². The van der Waals surface area contributed by atoms with E-state index in [2.05, 4.69) is 0 Å². The summed E-state index contributed by atoms with van der Waals surface area (Å²) in [4.78, 5) is 24.2. The average molecular weight is 390 g/mol. The Morgan fingerprint density at radius 2 is 1.66 bits per heavy atom. The van der Waals surface area contributed by atoms with Crippen LogP contribution in [0.5, 0.6) is 5.75 Å². The van der Waals surface area contributed by atoms with E-state index in [4.69, 9.17) is 15.9 Å². The third kappa shape index (κ3) is 2.84. The number of hydrogen-bond donors (Lipinski definition) is 4. The highest BCUT2D eigenvalue weighted by Gasteiger charge is 2.25. The van der Waals surface area contributed by atoms with Gasteiger partial charge in [-0.25, -0.2) is 4.79 Å². The van der Waals surface area contributed by atoms with E-state index in [1.807, 2.05) is 0 Å². The molecule has 2 aliphatic rings. The molecule has 0 aromatic heterocycles. The van der Waals surface area contributed by atoms with Crippen molar-refractivity contribution in [3.63, 3.8) is 0 Å². The summed E-state index contributed by atoms with van der Waals surface area (Å²) in [6.45, 7) is -0.0603. The zero-order chi connectivity index (χ0) is 20.7. The minimum Gasteiger partial charge on any atom is -0.507 e. The Bertz CT molecular complexity index is 1290. The first-order valence-corrected chi connectivity index (χ1v) is 8.94. The smallest absolute Gasteiger partial charge is 0.336 e. The maximum absolute atomic E-state index is 12.3. The van der Waals surface area contributed by atoms with Crippen LogP contribution in [0, 0.1) is 0 Å². The first kappa shape index (κ1) is 18.7. The van der Waals surface area contributed by atoms with Crippen LogP contribution >= 0.6 is 0 Å². The maximum Gasteiger partial charge on any atom is 0.336 e. The molecule has 7 heteroatoms. The fourth-order valence-electron chi connectivity index (χ4n) is 3.67. The fraction of sp³-hybridized carbons (Fsp3) is 0.0909. The predicted octanol–water partition coefficient (Wildman–Crippen LogP) is 2.89. The zero-order valence-electron chi connectivity index (χ0n) is 15.3. The topological polar surface area (TPSA) is 140 Å². The highest BCUT2D eigenvalue weighted by Crippen LogP contribution is 2.44. The Morgan fingerprint density at radius 3 is 2.34 bits per heavy atom. The molecule has 0 radical (unpaired) electrons. The van der Waals surface area contributed by atoms with Gasteiger partial charge in [0.1, 0.15) is 17.1 Å². The van der Waals surface area contributed by atoms with Gasteiger partial charge in [0.25, 0.3) is 0 Å². The molecular weight excluding hydrogens is 372 g/mol. The second-order valence-electron chi connectivity index (χ2n) is 6.59. The molecule has 2 aromatic carbocycles. The number of benzene rings is 3. The quantitative estimate of drug-likeness (QED) is 0.393. The molecule has 29 heavy (non-hydrogen) atoms. The van der Waals surface area contributed by atoms with Crippen molar-refractivity contribution in [2.45, 2.75) is 13.1 Å². The molecule has 0 spiro atoms. The number of phenolic OH excluding ortho intramolecular Hbond substituents is 1. The average Bonchev–Trinajstić information content (AvgIpc) is 2.72. The van der Waals surface area contributed by atoms with E-state index in [0.717, 1.165) is 0 Å². The second-order valence-corrected chi connectivity index (χ2v) is 6.59. The lowest BCUT2D eigenvalue weighted by molar-refractivity contribution is 0.0697. The molecule has 0 amide bonds. The molecule has 1 aliphatic heterocycles. The van der Waals surface area contributed by atoms with Gasteiger partial charge < -0.3 is 26.1 Å². The van der Waals surface area contributed by atoms with Crippen molar-refractivity contribution in [1.29, 1.82) is 0 Å². The Morgan fingerprint density at radius 1 is 0.931 bits per heavy atom. The van der Waals surface area contributed by atoms with Gasteiger partial charge in [-0.05, 0) is 35.9 Å². The number of aromatic carboxylic acids is 1. The summed E-state index contributed by atoms with van der Waals surface area (Å²) in [7, 11) is 0. The van der Waals surface area contributed by atoms with Crippen LogP contribution in [0.2, 0.25) is 0 Å². The molecule has 146 valence electrons. The van der Waals surface area contributed by atoms with Crippen LogP contribution in [0.25, 0.3) is 33.4 Å². The SMILES string of the molecule is NCc1c2oc3c(CN)c(O)ccc3c(-c3ccccc3C(=O)O)c-2ccc1=O. The number of nitrogens with two attached hydrogens (primary N) is 2. The van der Waals surface area contributed by atoms with Crippen molar-refractivity contribution in [3.8, 4) is 28.2 Å². The first-order chi connectivity index (χ1) is 14.0. The molecule has 7 nitrogen and oxygen atoms in total. The zero-order valence-corrected chi connectivity index (χ0v) is 15.3. The van der Waals surface area contributed by atoms with E-state index >= 15 is 0 Å². The van der Waals surface area contributed by atoms with Crippen molar-refractivity contribution in [2.75, 3.05) is 0 Å². The molecule has 6 N–H and O–H groups in total. The minimum absolute atomic E-state index is 0.00672. The van der Waals surface area contributed by atoms with Crippen LogP contribution in [0.15, 0.2) is 57.7 Å². The van der Waals surface area contributed by atoms with Crippen LogP contribution in [-0.2, 0) is 13.1 Å². The van der Waals surface area contributed by atoms with Gasteiger partial charge in [-0.1, -0.05) is 18.2 Å². The van der Waals surface area contributed by atoms with E-state index in [1.54, 1.807) is 30.3 Å². The first-order valence-electron chi connectivity index (χ1n) is 8.94. The highest BCUT2D eigenvalue weighted by atomic mass is 16.4. The molecule has 0 atom stereocenters. The number of carboxylic acids is 1. The molecule has 4 rings (SSSR count). The molecule has 1 aliphatic carbocycles. The Labute approximate surface area is 165 Å². The van der Waals surface area contributed by atoms with Crippen molar-refractivity contribution >= 4 is 16.9 Å². The standard InChI is InChI=1S/C22H18N2O5/c23-9-15-17(25)7-5-13-19(11-3-1-2-4-12(11)22(27)28)14-6-8-18(26)16(10-24)21(14)29-20(13)15/h1-8,25H,9-10,23-24H2,(H,27,28).